The number of tetrazole rings is 1. The molecule has 31 heavy (non-hydrogen) atoms. The van der Waals surface area contributed by atoms with Gasteiger partial charge in [0.05, 0.1) is 5.92 Å². The van der Waals surface area contributed by atoms with Crippen LogP contribution in [0.4, 0.5) is 5.82 Å². The standard InChI is InChI=1S/C21H32N8O2/c1-14(2)9-18(21(30)31)17(20-24-26-27-25-20)10-15-3-4-19(23-11-15)29-12-16(13-29)28-7-5-22-6-8-28/h3-4,11,14,16-18,22H,5-10,12-13H2,1-2H3,(H,30,31)(H,24,25,26,27). The third-order valence-electron chi connectivity index (χ3n) is 6.34. The van der Waals surface area contributed by atoms with E-state index >= 15 is 0 Å². The van der Waals surface area contributed by atoms with Crippen LogP contribution in [-0.4, -0.2) is 86.9 Å². The molecule has 2 saturated heterocycles. The minimum atomic E-state index is -0.826. The normalized spacial score (nSPS) is 19.9. The number of hydrogen-bond acceptors (Lipinski definition) is 8. The molecule has 2 fully saturated rings. The minimum Gasteiger partial charge on any atom is -0.481 e. The van der Waals surface area contributed by atoms with Crippen molar-refractivity contribution < 1.29 is 9.90 Å². The molecule has 2 unspecified atom stereocenters. The second kappa shape index (κ2) is 9.69. The number of aromatic nitrogens is 5. The van der Waals surface area contributed by atoms with Gasteiger partial charge in [0.2, 0.25) is 0 Å². The SMILES string of the molecule is CC(C)CC(C(=O)O)C(Cc1ccc(N2CC(N3CCNCC3)C2)nc1)c1nn[nH]n1. The lowest BCUT2D eigenvalue weighted by atomic mass is 9.81. The maximum Gasteiger partial charge on any atom is 0.307 e. The zero-order valence-electron chi connectivity index (χ0n) is 18.2. The summed E-state index contributed by atoms with van der Waals surface area (Å²) < 4.78 is 0. The molecule has 0 saturated carbocycles. The molecule has 10 nitrogen and oxygen atoms in total. The van der Waals surface area contributed by atoms with Crippen molar-refractivity contribution in [2.45, 2.75) is 38.6 Å². The number of pyridine rings is 1. The lowest BCUT2D eigenvalue weighted by molar-refractivity contribution is -0.143. The molecule has 4 rings (SSSR count). The molecule has 2 aliphatic rings. The monoisotopic (exact) mass is 428 g/mol. The number of rotatable bonds is 9. The number of aliphatic carboxylic acids is 1. The molecule has 3 N–H and O–H groups in total. The van der Waals surface area contributed by atoms with Gasteiger partial charge in [0.15, 0.2) is 5.82 Å². The third-order valence-corrected chi connectivity index (χ3v) is 6.34. The van der Waals surface area contributed by atoms with E-state index in [4.69, 9.17) is 0 Å². The van der Waals surface area contributed by atoms with Gasteiger partial charge in [-0.05, 0) is 30.4 Å². The number of carbonyl (C=O) groups is 1. The van der Waals surface area contributed by atoms with Crippen LogP contribution in [0.3, 0.4) is 0 Å². The molecule has 10 heteroatoms. The Hall–Kier alpha value is -2.59. The second-order valence-corrected chi connectivity index (χ2v) is 9.02. The molecular formula is C21H32N8O2. The van der Waals surface area contributed by atoms with Crippen molar-refractivity contribution in [2.24, 2.45) is 11.8 Å². The molecule has 0 amide bonds. The van der Waals surface area contributed by atoms with Crippen LogP contribution >= 0.6 is 0 Å². The Kier molecular flexibility index (Phi) is 6.77. The van der Waals surface area contributed by atoms with Crippen molar-refractivity contribution >= 4 is 11.8 Å². The highest BCUT2D eigenvalue weighted by Gasteiger charge is 2.34. The molecule has 2 atom stereocenters. The Morgan fingerprint density at radius 3 is 2.61 bits per heavy atom. The van der Waals surface area contributed by atoms with Gasteiger partial charge in [-0.1, -0.05) is 25.1 Å². The van der Waals surface area contributed by atoms with Crippen LogP contribution in [0.1, 0.15) is 37.6 Å². The molecular weight excluding hydrogens is 396 g/mol. The second-order valence-electron chi connectivity index (χ2n) is 9.02. The van der Waals surface area contributed by atoms with Gasteiger partial charge in [0, 0.05) is 57.4 Å². The number of aromatic amines is 1. The molecule has 168 valence electrons. The number of piperazine rings is 1. The summed E-state index contributed by atoms with van der Waals surface area (Å²) in [7, 11) is 0. The number of nitrogens with one attached hydrogen (secondary N) is 2. The lowest BCUT2D eigenvalue weighted by Crippen LogP contribution is -2.63. The van der Waals surface area contributed by atoms with Crippen LogP contribution in [-0.2, 0) is 11.2 Å². The van der Waals surface area contributed by atoms with Crippen molar-refractivity contribution in [3.63, 3.8) is 0 Å². The lowest BCUT2D eigenvalue weighted by Gasteiger charge is -2.47. The maximum absolute atomic E-state index is 12.0. The largest absolute Gasteiger partial charge is 0.481 e. The highest BCUT2D eigenvalue weighted by molar-refractivity contribution is 5.71. The zero-order chi connectivity index (χ0) is 21.8. The molecule has 0 spiro atoms. The minimum absolute atomic E-state index is 0.256. The Morgan fingerprint density at radius 2 is 2.03 bits per heavy atom. The van der Waals surface area contributed by atoms with Crippen molar-refractivity contribution in [1.82, 2.24) is 35.8 Å². The van der Waals surface area contributed by atoms with E-state index < -0.39 is 11.9 Å². The van der Waals surface area contributed by atoms with E-state index in [9.17, 15) is 9.90 Å². The van der Waals surface area contributed by atoms with Gasteiger partial charge >= 0.3 is 5.97 Å². The molecule has 2 aromatic rings. The molecule has 0 aliphatic carbocycles. The fourth-order valence-corrected chi connectivity index (χ4v) is 4.58. The maximum atomic E-state index is 12.0. The van der Waals surface area contributed by atoms with Crippen LogP contribution in [0.5, 0.6) is 0 Å². The molecule has 2 aromatic heterocycles. The van der Waals surface area contributed by atoms with E-state index in [2.05, 4.69) is 40.7 Å². The highest BCUT2D eigenvalue weighted by atomic mass is 16.4. The summed E-state index contributed by atoms with van der Waals surface area (Å²) in [6.45, 7) is 10.4. The summed E-state index contributed by atoms with van der Waals surface area (Å²) in [5.41, 5.74) is 0.979. The average Bonchev–Trinajstić information content (AvgIpc) is 3.26. The van der Waals surface area contributed by atoms with Crippen molar-refractivity contribution in [3.8, 4) is 0 Å². The smallest absolute Gasteiger partial charge is 0.307 e. The van der Waals surface area contributed by atoms with Gasteiger partial charge in [-0.3, -0.25) is 9.69 Å². The first kappa shape index (κ1) is 21.6. The van der Waals surface area contributed by atoms with Gasteiger partial charge in [0.25, 0.3) is 0 Å². The Balaban J connectivity index is 1.41. The molecule has 4 heterocycles. The Labute approximate surface area is 182 Å². The summed E-state index contributed by atoms with van der Waals surface area (Å²) in [5, 5.41) is 27.5. The van der Waals surface area contributed by atoms with Crippen LogP contribution in [0, 0.1) is 11.8 Å². The van der Waals surface area contributed by atoms with Gasteiger partial charge < -0.3 is 15.3 Å². The van der Waals surface area contributed by atoms with Crippen LogP contribution in [0.25, 0.3) is 0 Å². The van der Waals surface area contributed by atoms with E-state index in [1.807, 2.05) is 32.2 Å². The van der Waals surface area contributed by atoms with Gasteiger partial charge in [0.1, 0.15) is 5.82 Å². The van der Waals surface area contributed by atoms with E-state index in [0.717, 1.165) is 50.6 Å². The fourth-order valence-electron chi connectivity index (χ4n) is 4.58. The van der Waals surface area contributed by atoms with E-state index in [1.165, 1.54) is 0 Å². The van der Waals surface area contributed by atoms with Crippen molar-refractivity contribution in [3.05, 3.63) is 29.7 Å². The molecule has 0 aromatic carbocycles. The number of anilines is 1. The third kappa shape index (κ3) is 5.19. The van der Waals surface area contributed by atoms with Crippen LogP contribution < -0.4 is 10.2 Å². The number of hydrogen-bond donors (Lipinski definition) is 3. The Bertz CT molecular complexity index is 830. The van der Waals surface area contributed by atoms with Crippen molar-refractivity contribution in [2.75, 3.05) is 44.2 Å². The van der Waals surface area contributed by atoms with Gasteiger partial charge in [-0.2, -0.15) is 5.21 Å². The number of H-pyrrole nitrogens is 1. The van der Waals surface area contributed by atoms with Crippen molar-refractivity contribution in [1.29, 1.82) is 0 Å². The summed E-state index contributed by atoms with van der Waals surface area (Å²) in [6, 6.07) is 4.69. The summed E-state index contributed by atoms with van der Waals surface area (Å²) >= 11 is 0. The van der Waals surface area contributed by atoms with Gasteiger partial charge in [-0.15, -0.1) is 10.2 Å². The number of carboxylic acid groups (broad SMARTS) is 1. The highest BCUT2D eigenvalue weighted by Crippen LogP contribution is 2.31. The van der Waals surface area contributed by atoms with E-state index in [-0.39, 0.29) is 11.8 Å². The summed E-state index contributed by atoms with van der Waals surface area (Å²) in [4.78, 5) is 21.5. The topological polar surface area (TPSA) is 123 Å². The predicted molar refractivity (Wildman–Crippen MR) is 116 cm³/mol. The number of carboxylic acids is 1. The molecule has 0 bridgehead atoms. The van der Waals surface area contributed by atoms with E-state index in [0.29, 0.717) is 24.7 Å². The molecule has 0 radical (unpaired) electrons. The zero-order valence-corrected chi connectivity index (χ0v) is 18.2. The van der Waals surface area contributed by atoms with Gasteiger partial charge in [-0.25, -0.2) is 4.98 Å². The first-order valence-corrected chi connectivity index (χ1v) is 11.1. The average molecular weight is 429 g/mol. The first-order chi connectivity index (χ1) is 15.0. The predicted octanol–water partition coefficient (Wildman–Crippen LogP) is 0.762. The quantitative estimate of drug-likeness (QED) is 0.531. The molecule has 2 aliphatic heterocycles. The number of nitrogens with zero attached hydrogens (tertiary/aromatic N) is 6. The van der Waals surface area contributed by atoms with E-state index in [1.54, 1.807) is 0 Å². The summed E-state index contributed by atoms with van der Waals surface area (Å²) in [6.07, 6.45) is 2.93. The van der Waals surface area contributed by atoms with Crippen LogP contribution in [0.15, 0.2) is 18.3 Å². The Morgan fingerprint density at radius 1 is 1.26 bits per heavy atom. The summed E-state index contributed by atoms with van der Waals surface area (Å²) in [5.74, 6) is -0.0829. The van der Waals surface area contributed by atoms with Crippen LogP contribution in [0.2, 0.25) is 0 Å². The first-order valence-electron chi connectivity index (χ1n) is 11.1. The fraction of sp³-hybridized carbons (Fsp3) is 0.667.